The second-order valence-electron chi connectivity index (χ2n) is 5.12. The third-order valence-corrected chi connectivity index (χ3v) is 4.27. The maximum atomic E-state index is 9.30. The Hall–Kier alpha value is -2.80. The lowest BCUT2D eigenvalue weighted by atomic mass is 10.2. The standard InChI is InChI=1S/C17H13N3O3S/c21-12-7-5-11(6-8-12)17-20-19-16(23-17)10-24-9-15-18-13-3-1-2-4-14(13)22-15/h1-8,21H,9-10H2. The zero-order chi connectivity index (χ0) is 16.4. The van der Waals surface area contributed by atoms with E-state index in [0.717, 1.165) is 16.7 Å². The summed E-state index contributed by atoms with van der Waals surface area (Å²) in [5.74, 6) is 3.06. The van der Waals surface area contributed by atoms with Gasteiger partial charge in [0.05, 0.1) is 11.5 Å². The summed E-state index contributed by atoms with van der Waals surface area (Å²) in [4.78, 5) is 4.43. The van der Waals surface area contributed by atoms with Gasteiger partial charge in [-0.05, 0) is 36.4 Å². The summed E-state index contributed by atoms with van der Waals surface area (Å²) < 4.78 is 11.3. The monoisotopic (exact) mass is 339 g/mol. The number of nitrogens with zero attached hydrogens (tertiary/aromatic N) is 3. The largest absolute Gasteiger partial charge is 0.508 e. The van der Waals surface area contributed by atoms with Crippen LogP contribution >= 0.6 is 11.8 Å². The van der Waals surface area contributed by atoms with E-state index in [1.165, 1.54) is 0 Å². The number of oxazole rings is 1. The minimum absolute atomic E-state index is 0.201. The van der Waals surface area contributed by atoms with E-state index in [1.807, 2.05) is 24.3 Å². The van der Waals surface area contributed by atoms with Crippen LogP contribution in [0.4, 0.5) is 0 Å². The first kappa shape index (κ1) is 14.8. The first-order valence-corrected chi connectivity index (χ1v) is 8.47. The van der Waals surface area contributed by atoms with Crippen molar-refractivity contribution >= 4 is 22.9 Å². The van der Waals surface area contributed by atoms with Crippen LogP contribution in [-0.4, -0.2) is 20.3 Å². The number of hydrogen-bond acceptors (Lipinski definition) is 7. The van der Waals surface area contributed by atoms with Crippen molar-refractivity contribution in [3.63, 3.8) is 0 Å². The molecule has 0 amide bonds. The Morgan fingerprint density at radius 2 is 1.67 bits per heavy atom. The van der Waals surface area contributed by atoms with Gasteiger partial charge >= 0.3 is 0 Å². The van der Waals surface area contributed by atoms with Gasteiger partial charge in [-0.3, -0.25) is 0 Å². The first-order valence-electron chi connectivity index (χ1n) is 7.32. The fourth-order valence-corrected chi connectivity index (χ4v) is 2.93. The molecular formula is C17H13N3O3S. The third-order valence-electron chi connectivity index (χ3n) is 3.37. The molecule has 0 unspecified atom stereocenters. The molecule has 0 aliphatic carbocycles. The lowest BCUT2D eigenvalue weighted by molar-refractivity contribution is 0.475. The second-order valence-corrected chi connectivity index (χ2v) is 6.10. The van der Waals surface area contributed by atoms with Crippen molar-refractivity contribution < 1.29 is 13.9 Å². The molecule has 7 heteroatoms. The van der Waals surface area contributed by atoms with E-state index in [2.05, 4.69) is 15.2 Å². The van der Waals surface area contributed by atoms with E-state index in [4.69, 9.17) is 8.83 Å². The van der Waals surface area contributed by atoms with Crippen molar-refractivity contribution in [2.24, 2.45) is 0 Å². The Morgan fingerprint density at radius 3 is 2.50 bits per heavy atom. The lowest BCUT2D eigenvalue weighted by Gasteiger charge is -1.95. The summed E-state index contributed by atoms with van der Waals surface area (Å²) in [6.07, 6.45) is 0. The van der Waals surface area contributed by atoms with Crippen molar-refractivity contribution in [3.05, 3.63) is 60.3 Å². The smallest absolute Gasteiger partial charge is 0.247 e. The zero-order valence-corrected chi connectivity index (χ0v) is 13.4. The van der Waals surface area contributed by atoms with Crippen molar-refractivity contribution in [3.8, 4) is 17.2 Å². The maximum Gasteiger partial charge on any atom is 0.247 e. The summed E-state index contributed by atoms with van der Waals surface area (Å²) in [5.41, 5.74) is 2.43. The minimum Gasteiger partial charge on any atom is -0.508 e. The maximum absolute atomic E-state index is 9.30. The molecule has 120 valence electrons. The number of fused-ring (bicyclic) bond motifs is 1. The Kier molecular flexibility index (Phi) is 3.92. The van der Waals surface area contributed by atoms with Gasteiger partial charge in [-0.2, -0.15) is 0 Å². The van der Waals surface area contributed by atoms with E-state index >= 15 is 0 Å². The topological polar surface area (TPSA) is 85.2 Å². The summed E-state index contributed by atoms with van der Waals surface area (Å²) in [5, 5.41) is 17.4. The molecule has 2 aromatic heterocycles. The fraction of sp³-hybridized carbons (Fsp3) is 0.118. The highest BCUT2D eigenvalue weighted by atomic mass is 32.2. The lowest BCUT2D eigenvalue weighted by Crippen LogP contribution is -1.83. The quantitative estimate of drug-likeness (QED) is 0.588. The number of rotatable bonds is 5. The second kappa shape index (κ2) is 6.37. The van der Waals surface area contributed by atoms with Gasteiger partial charge in [0.25, 0.3) is 0 Å². The number of thioether (sulfide) groups is 1. The number of hydrogen-bond donors (Lipinski definition) is 1. The molecule has 0 spiro atoms. The molecule has 1 N–H and O–H groups in total. The molecule has 0 saturated carbocycles. The molecule has 4 aromatic rings. The van der Waals surface area contributed by atoms with Crippen LogP contribution in [0.15, 0.2) is 57.4 Å². The Labute approximate surface area is 141 Å². The molecule has 2 heterocycles. The Morgan fingerprint density at radius 1 is 0.875 bits per heavy atom. The molecular weight excluding hydrogens is 326 g/mol. The van der Waals surface area contributed by atoms with E-state index in [1.54, 1.807) is 36.0 Å². The summed E-state index contributed by atoms with van der Waals surface area (Å²) in [6, 6.07) is 14.3. The highest BCUT2D eigenvalue weighted by Gasteiger charge is 2.10. The summed E-state index contributed by atoms with van der Waals surface area (Å²) in [7, 11) is 0. The molecule has 0 fully saturated rings. The van der Waals surface area contributed by atoms with Gasteiger partial charge < -0.3 is 13.9 Å². The highest BCUT2D eigenvalue weighted by molar-refractivity contribution is 7.97. The van der Waals surface area contributed by atoms with Crippen molar-refractivity contribution in [1.82, 2.24) is 15.2 Å². The van der Waals surface area contributed by atoms with Crippen LogP contribution < -0.4 is 0 Å². The number of aromatic nitrogens is 3. The highest BCUT2D eigenvalue weighted by Crippen LogP contribution is 2.24. The van der Waals surface area contributed by atoms with Crippen LogP contribution in [0.1, 0.15) is 11.8 Å². The predicted molar refractivity (Wildman–Crippen MR) is 90.4 cm³/mol. The number of phenolic OH excluding ortho intramolecular Hbond substituents is 1. The van der Waals surface area contributed by atoms with Crippen molar-refractivity contribution in [2.75, 3.05) is 0 Å². The molecule has 4 rings (SSSR count). The molecule has 6 nitrogen and oxygen atoms in total. The van der Waals surface area contributed by atoms with E-state index in [9.17, 15) is 5.11 Å². The van der Waals surface area contributed by atoms with Gasteiger partial charge in [0.15, 0.2) is 5.58 Å². The van der Waals surface area contributed by atoms with Gasteiger partial charge in [0.1, 0.15) is 11.3 Å². The van der Waals surface area contributed by atoms with Crippen LogP contribution in [0.2, 0.25) is 0 Å². The molecule has 0 radical (unpaired) electrons. The minimum atomic E-state index is 0.201. The van der Waals surface area contributed by atoms with E-state index < -0.39 is 0 Å². The van der Waals surface area contributed by atoms with Gasteiger partial charge in [-0.1, -0.05) is 12.1 Å². The third kappa shape index (κ3) is 3.11. The van der Waals surface area contributed by atoms with Crippen molar-refractivity contribution in [1.29, 1.82) is 0 Å². The van der Waals surface area contributed by atoms with Crippen LogP contribution in [0, 0.1) is 0 Å². The van der Waals surface area contributed by atoms with Crippen LogP contribution in [-0.2, 0) is 11.5 Å². The number of phenols is 1. The van der Waals surface area contributed by atoms with Crippen LogP contribution in [0.25, 0.3) is 22.6 Å². The Bertz CT molecular complexity index is 930. The average molecular weight is 339 g/mol. The Balaban J connectivity index is 1.38. The molecule has 24 heavy (non-hydrogen) atoms. The van der Waals surface area contributed by atoms with E-state index in [0.29, 0.717) is 29.2 Å². The number of para-hydroxylation sites is 2. The fourth-order valence-electron chi connectivity index (χ4n) is 2.24. The average Bonchev–Trinajstić information content (AvgIpc) is 3.22. The first-order chi connectivity index (χ1) is 11.8. The van der Waals surface area contributed by atoms with Gasteiger partial charge in [0.2, 0.25) is 17.7 Å². The molecule has 0 aliphatic heterocycles. The van der Waals surface area contributed by atoms with Crippen molar-refractivity contribution in [2.45, 2.75) is 11.5 Å². The summed E-state index contributed by atoms with van der Waals surface area (Å²) in [6.45, 7) is 0. The number of aromatic hydroxyl groups is 1. The van der Waals surface area contributed by atoms with Gasteiger partial charge in [-0.25, -0.2) is 4.98 Å². The van der Waals surface area contributed by atoms with Gasteiger partial charge in [0, 0.05) is 5.56 Å². The van der Waals surface area contributed by atoms with Crippen LogP contribution in [0.5, 0.6) is 5.75 Å². The molecule has 0 bridgehead atoms. The molecule has 0 atom stereocenters. The van der Waals surface area contributed by atoms with Crippen LogP contribution in [0.3, 0.4) is 0 Å². The predicted octanol–water partition coefficient (Wildman–Crippen LogP) is 4.02. The molecule has 2 aromatic carbocycles. The molecule has 0 aliphatic rings. The SMILES string of the molecule is Oc1ccc(-c2nnc(CSCc3nc4ccccc4o3)o2)cc1. The molecule has 0 saturated heterocycles. The zero-order valence-electron chi connectivity index (χ0n) is 12.5. The van der Waals surface area contributed by atoms with Gasteiger partial charge in [-0.15, -0.1) is 22.0 Å². The van der Waals surface area contributed by atoms with E-state index in [-0.39, 0.29) is 5.75 Å². The normalized spacial score (nSPS) is 11.2. The number of benzene rings is 2. The summed E-state index contributed by atoms with van der Waals surface area (Å²) >= 11 is 1.59.